The highest BCUT2D eigenvalue weighted by Crippen LogP contribution is 2.26. The average Bonchev–Trinajstić information content (AvgIpc) is 2.84. The molecule has 1 aromatic rings. The lowest BCUT2D eigenvalue weighted by Crippen LogP contribution is -2.29. The van der Waals surface area contributed by atoms with E-state index in [2.05, 4.69) is 17.3 Å². The third-order valence-electron chi connectivity index (χ3n) is 3.67. The smallest absolute Gasteiger partial charge is 0.325 e. The van der Waals surface area contributed by atoms with E-state index < -0.39 is 5.97 Å². The van der Waals surface area contributed by atoms with Crippen LogP contribution < -0.4 is 5.32 Å². The molecular weight excluding hydrogens is 274 g/mol. The van der Waals surface area contributed by atoms with E-state index in [9.17, 15) is 9.59 Å². The van der Waals surface area contributed by atoms with Gasteiger partial charge in [-0.1, -0.05) is 19.8 Å². The third kappa shape index (κ3) is 4.86. The van der Waals surface area contributed by atoms with Crippen molar-refractivity contribution in [3.8, 4) is 0 Å². The summed E-state index contributed by atoms with van der Waals surface area (Å²) in [7, 11) is 0. The number of rotatable bonds is 6. The van der Waals surface area contributed by atoms with Crippen molar-refractivity contribution in [2.45, 2.75) is 45.3 Å². The van der Waals surface area contributed by atoms with Crippen LogP contribution in [0.3, 0.4) is 0 Å². The fourth-order valence-corrected chi connectivity index (χ4v) is 2.55. The van der Waals surface area contributed by atoms with Crippen LogP contribution in [0.25, 0.3) is 0 Å². The summed E-state index contributed by atoms with van der Waals surface area (Å²) in [4.78, 5) is 22.3. The zero-order chi connectivity index (χ0) is 15.2. The second-order valence-electron chi connectivity index (χ2n) is 5.45. The van der Waals surface area contributed by atoms with Gasteiger partial charge in [0.05, 0.1) is 6.10 Å². The lowest BCUT2D eigenvalue weighted by molar-refractivity contribution is -0.137. The first-order valence-corrected chi connectivity index (χ1v) is 7.21. The van der Waals surface area contributed by atoms with E-state index >= 15 is 0 Å². The van der Waals surface area contributed by atoms with Gasteiger partial charge < -0.3 is 15.2 Å². The Morgan fingerprint density at radius 2 is 2.24 bits per heavy atom. The normalized spacial score (nSPS) is 22.0. The zero-order valence-corrected chi connectivity index (χ0v) is 12.1. The van der Waals surface area contributed by atoms with Gasteiger partial charge in [0, 0.05) is 12.3 Å². The molecule has 21 heavy (non-hydrogen) atoms. The number of aliphatic carboxylic acids is 1. The van der Waals surface area contributed by atoms with E-state index in [4.69, 9.17) is 9.84 Å². The van der Waals surface area contributed by atoms with Gasteiger partial charge in [0.2, 0.25) is 0 Å². The predicted molar refractivity (Wildman–Crippen MR) is 75.9 cm³/mol. The molecular formula is C14H21N3O4. The number of carboxylic acids is 1. The quantitative estimate of drug-likeness (QED) is 0.829. The first-order valence-electron chi connectivity index (χ1n) is 7.21. The standard InChI is InChI=1S/C14H21N3O4/c1-10-4-2-3-5-11(10)21-9-13(18)15-12-6-7-17(16-12)8-14(19)20/h6-7,10-11H,2-5,8-9H2,1H3,(H,19,20)(H,15,16,18). The maximum absolute atomic E-state index is 11.8. The Morgan fingerprint density at radius 1 is 1.48 bits per heavy atom. The number of carboxylic acid groups (broad SMARTS) is 1. The minimum Gasteiger partial charge on any atom is -0.480 e. The Labute approximate surface area is 123 Å². The van der Waals surface area contributed by atoms with E-state index in [1.54, 1.807) is 6.07 Å². The molecule has 2 N–H and O–H groups in total. The van der Waals surface area contributed by atoms with Crippen LogP contribution in [0.2, 0.25) is 0 Å². The minimum atomic E-state index is -0.981. The Bertz CT molecular complexity index is 500. The summed E-state index contributed by atoms with van der Waals surface area (Å²) in [6, 6.07) is 1.56. The van der Waals surface area contributed by atoms with Gasteiger partial charge in [0.15, 0.2) is 5.82 Å². The Balaban J connectivity index is 1.76. The second-order valence-corrected chi connectivity index (χ2v) is 5.45. The first kappa shape index (κ1) is 15.5. The number of anilines is 1. The fraction of sp³-hybridized carbons (Fsp3) is 0.643. The second kappa shape index (κ2) is 7.21. The number of hydrogen-bond acceptors (Lipinski definition) is 4. The van der Waals surface area contributed by atoms with Crippen molar-refractivity contribution in [1.29, 1.82) is 0 Å². The van der Waals surface area contributed by atoms with Gasteiger partial charge in [-0.05, 0) is 18.8 Å². The summed E-state index contributed by atoms with van der Waals surface area (Å²) in [6.07, 6.45) is 6.18. The molecule has 1 fully saturated rings. The van der Waals surface area contributed by atoms with E-state index in [1.807, 2.05) is 0 Å². The van der Waals surface area contributed by atoms with Gasteiger partial charge in [-0.15, -0.1) is 0 Å². The SMILES string of the molecule is CC1CCCCC1OCC(=O)Nc1ccn(CC(=O)O)n1. The topological polar surface area (TPSA) is 93.5 Å². The Morgan fingerprint density at radius 3 is 2.95 bits per heavy atom. The van der Waals surface area contributed by atoms with Crippen LogP contribution in [0.1, 0.15) is 32.6 Å². The van der Waals surface area contributed by atoms with Crippen LogP contribution in [0.15, 0.2) is 12.3 Å². The van der Waals surface area contributed by atoms with Gasteiger partial charge in [-0.2, -0.15) is 5.10 Å². The van der Waals surface area contributed by atoms with E-state index in [0.717, 1.165) is 19.3 Å². The van der Waals surface area contributed by atoms with Gasteiger partial charge in [0.1, 0.15) is 13.2 Å². The monoisotopic (exact) mass is 295 g/mol. The molecule has 0 bridgehead atoms. The number of carbonyl (C=O) groups excluding carboxylic acids is 1. The molecule has 1 amide bonds. The lowest BCUT2D eigenvalue weighted by atomic mass is 9.88. The van der Waals surface area contributed by atoms with Gasteiger partial charge in [-0.25, -0.2) is 0 Å². The summed E-state index contributed by atoms with van der Waals surface area (Å²) in [5.74, 6) is -0.429. The Kier molecular flexibility index (Phi) is 5.32. The van der Waals surface area contributed by atoms with Crippen molar-refractivity contribution in [2.24, 2.45) is 5.92 Å². The summed E-state index contributed by atoms with van der Waals surface area (Å²) >= 11 is 0. The van der Waals surface area contributed by atoms with Crippen LogP contribution in [0.5, 0.6) is 0 Å². The molecule has 2 rings (SSSR count). The number of nitrogens with zero attached hydrogens (tertiary/aromatic N) is 2. The number of ether oxygens (including phenoxy) is 1. The number of aromatic nitrogens is 2. The molecule has 1 saturated carbocycles. The Hall–Kier alpha value is -1.89. The molecule has 7 heteroatoms. The van der Waals surface area contributed by atoms with Crippen molar-refractivity contribution in [3.63, 3.8) is 0 Å². The summed E-state index contributed by atoms with van der Waals surface area (Å²) in [5, 5.41) is 15.2. The third-order valence-corrected chi connectivity index (χ3v) is 3.67. The van der Waals surface area contributed by atoms with Crippen LogP contribution in [0, 0.1) is 5.92 Å². The molecule has 1 aliphatic carbocycles. The summed E-state index contributed by atoms with van der Waals surface area (Å²) in [5.41, 5.74) is 0. The number of nitrogens with one attached hydrogen (secondary N) is 1. The molecule has 0 spiro atoms. The van der Waals surface area contributed by atoms with Crippen molar-refractivity contribution >= 4 is 17.7 Å². The predicted octanol–water partition coefficient (Wildman–Crippen LogP) is 1.50. The van der Waals surface area contributed by atoms with E-state index in [1.165, 1.54) is 17.3 Å². The largest absolute Gasteiger partial charge is 0.480 e. The van der Waals surface area contributed by atoms with Crippen molar-refractivity contribution in [2.75, 3.05) is 11.9 Å². The highest BCUT2D eigenvalue weighted by Gasteiger charge is 2.22. The molecule has 1 aliphatic rings. The van der Waals surface area contributed by atoms with Crippen molar-refractivity contribution in [1.82, 2.24) is 9.78 Å². The number of carbonyl (C=O) groups is 2. The summed E-state index contributed by atoms with van der Waals surface area (Å²) in [6.45, 7) is 1.92. The van der Waals surface area contributed by atoms with Crippen LogP contribution >= 0.6 is 0 Å². The molecule has 116 valence electrons. The van der Waals surface area contributed by atoms with Gasteiger partial charge in [-0.3, -0.25) is 14.3 Å². The van der Waals surface area contributed by atoms with Crippen LogP contribution in [0.4, 0.5) is 5.82 Å². The molecule has 1 heterocycles. The number of hydrogen-bond donors (Lipinski definition) is 2. The van der Waals surface area contributed by atoms with Crippen molar-refractivity contribution in [3.05, 3.63) is 12.3 Å². The maximum Gasteiger partial charge on any atom is 0.325 e. The highest BCUT2D eigenvalue weighted by molar-refractivity contribution is 5.90. The maximum atomic E-state index is 11.8. The molecule has 0 radical (unpaired) electrons. The van der Waals surface area contributed by atoms with Crippen LogP contribution in [-0.2, 0) is 20.9 Å². The minimum absolute atomic E-state index is 0.000791. The first-order chi connectivity index (χ1) is 10.0. The molecule has 0 aliphatic heterocycles. The van der Waals surface area contributed by atoms with Crippen molar-refractivity contribution < 1.29 is 19.4 Å². The lowest BCUT2D eigenvalue weighted by Gasteiger charge is -2.28. The average molecular weight is 295 g/mol. The highest BCUT2D eigenvalue weighted by atomic mass is 16.5. The van der Waals surface area contributed by atoms with Gasteiger partial charge in [0.25, 0.3) is 5.91 Å². The van der Waals surface area contributed by atoms with Gasteiger partial charge >= 0.3 is 5.97 Å². The molecule has 0 saturated heterocycles. The molecule has 2 atom stereocenters. The zero-order valence-electron chi connectivity index (χ0n) is 12.1. The van der Waals surface area contributed by atoms with E-state index in [-0.39, 0.29) is 25.2 Å². The molecule has 2 unspecified atom stereocenters. The summed E-state index contributed by atoms with van der Waals surface area (Å²) < 4.78 is 6.91. The van der Waals surface area contributed by atoms with E-state index in [0.29, 0.717) is 11.7 Å². The number of amides is 1. The van der Waals surface area contributed by atoms with Crippen LogP contribution in [-0.4, -0.2) is 39.5 Å². The molecule has 1 aromatic heterocycles. The molecule has 7 nitrogen and oxygen atoms in total. The molecule has 0 aromatic carbocycles. The fourth-order valence-electron chi connectivity index (χ4n) is 2.55.